The summed E-state index contributed by atoms with van der Waals surface area (Å²) in [6.45, 7) is 8.40. The monoisotopic (exact) mass is 342 g/mol. The van der Waals surface area contributed by atoms with E-state index < -0.39 is 0 Å². The number of methoxy groups -OCH3 is 1. The molecule has 0 aliphatic heterocycles. The van der Waals surface area contributed by atoms with Crippen LogP contribution in [-0.2, 0) is 6.42 Å². The van der Waals surface area contributed by atoms with E-state index in [0.29, 0.717) is 11.7 Å². The summed E-state index contributed by atoms with van der Waals surface area (Å²) in [7, 11) is 1.70. The Hall–Kier alpha value is -1.70. The highest BCUT2D eigenvalue weighted by atomic mass is 16.5. The van der Waals surface area contributed by atoms with Gasteiger partial charge in [0.2, 0.25) is 0 Å². The summed E-state index contributed by atoms with van der Waals surface area (Å²) in [4.78, 5) is 0. The molecule has 1 aliphatic rings. The van der Waals surface area contributed by atoms with Gasteiger partial charge in [0.05, 0.1) is 7.11 Å². The molecule has 1 N–H and O–H groups in total. The fourth-order valence-electron chi connectivity index (χ4n) is 3.90. The van der Waals surface area contributed by atoms with Crippen molar-refractivity contribution in [1.29, 1.82) is 0 Å². The molecule has 2 unspecified atom stereocenters. The van der Waals surface area contributed by atoms with Gasteiger partial charge >= 0.3 is 0 Å². The first-order valence-electron chi connectivity index (χ1n) is 9.80. The van der Waals surface area contributed by atoms with Crippen LogP contribution in [0.2, 0.25) is 0 Å². The maximum Gasteiger partial charge on any atom is 0.126 e. The summed E-state index contributed by atoms with van der Waals surface area (Å²) in [5.74, 6) is 1.68. The Morgan fingerprint density at radius 2 is 2.00 bits per heavy atom. The van der Waals surface area contributed by atoms with E-state index in [0.717, 1.165) is 30.6 Å². The molecule has 0 aromatic heterocycles. The quantitative estimate of drug-likeness (QED) is 0.408. The van der Waals surface area contributed by atoms with Crippen LogP contribution in [0, 0.1) is 5.92 Å². The highest BCUT2D eigenvalue weighted by Crippen LogP contribution is 2.45. The first-order chi connectivity index (χ1) is 12.1. The van der Waals surface area contributed by atoms with Crippen molar-refractivity contribution in [2.24, 2.45) is 5.92 Å². The lowest BCUT2D eigenvalue weighted by atomic mass is 9.76. The Bertz CT molecular complexity index is 600. The number of allylic oxidation sites excluding steroid dienone is 3. The fourth-order valence-corrected chi connectivity index (χ4v) is 3.90. The highest BCUT2D eigenvalue weighted by Gasteiger charge is 2.28. The highest BCUT2D eigenvalue weighted by molar-refractivity contribution is 5.52. The summed E-state index contributed by atoms with van der Waals surface area (Å²) in [5, 5.41) is 10.8. The SMILES string of the molecule is C=CC1CCC(C)=CC1c1c(O)cc(CCCCCCC)cc1OC. The maximum absolute atomic E-state index is 10.8. The van der Waals surface area contributed by atoms with Gasteiger partial charge in [0, 0.05) is 11.5 Å². The van der Waals surface area contributed by atoms with E-state index in [9.17, 15) is 5.11 Å². The first-order valence-corrected chi connectivity index (χ1v) is 9.80. The molecular formula is C23H34O2. The van der Waals surface area contributed by atoms with Crippen LogP contribution in [0.3, 0.4) is 0 Å². The van der Waals surface area contributed by atoms with Gasteiger partial charge in [-0.05, 0) is 56.2 Å². The average molecular weight is 343 g/mol. The van der Waals surface area contributed by atoms with Crippen LogP contribution in [0.5, 0.6) is 11.5 Å². The molecule has 0 saturated carbocycles. The Kier molecular flexibility index (Phi) is 7.61. The minimum absolute atomic E-state index is 0.153. The van der Waals surface area contributed by atoms with E-state index in [4.69, 9.17) is 4.74 Å². The summed E-state index contributed by atoms with van der Waals surface area (Å²) in [6, 6.07) is 4.06. The molecule has 0 spiro atoms. The number of hydrogen-bond acceptors (Lipinski definition) is 2. The molecule has 2 heteroatoms. The molecule has 0 amide bonds. The second-order valence-electron chi connectivity index (χ2n) is 7.37. The van der Waals surface area contributed by atoms with E-state index >= 15 is 0 Å². The molecule has 0 bridgehead atoms. The minimum atomic E-state index is 0.153. The number of ether oxygens (including phenoxy) is 1. The molecular weight excluding hydrogens is 308 g/mol. The molecule has 138 valence electrons. The molecule has 0 fully saturated rings. The zero-order chi connectivity index (χ0) is 18.2. The van der Waals surface area contributed by atoms with Crippen molar-refractivity contribution in [3.05, 3.63) is 47.6 Å². The molecule has 1 aromatic rings. The van der Waals surface area contributed by atoms with Crippen LogP contribution in [0.1, 0.15) is 75.8 Å². The predicted molar refractivity (Wildman–Crippen MR) is 107 cm³/mol. The summed E-state index contributed by atoms with van der Waals surface area (Å²) >= 11 is 0. The van der Waals surface area contributed by atoms with E-state index in [-0.39, 0.29) is 5.92 Å². The first kappa shape index (κ1) is 19.6. The number of rotatable bonds is 9. The van der Waals surface area contributed by atoms with Crippen molar-refractivity contribution < 1.29 is 9.84 Å². The second-order valence-corrected chi connectivity index (χ2v) is 7.37. The van der Waals surface area contributed by atoms with Crippen molar-refractivity contribution in [2.45, 2.75) is 71.1 Å². The number of phenols is 1. The van der Waals surface area contributed by atoms with Gasteiger partial charge in [-0.2, -0.15) is 0 Å². The van der Waals surface area contributed by atoms with Crippen LogP contribution >= 0.6 is 0 Å². The summed E-state index contributed by atoms with van der Waals surface area (Å²) < 4.78 is 5.67. The topological polar surface area (TPSA) is 29.5 Å². The lowest BCUT2D eigenvalue weighted by Gasteiger charge is -2.29. The van der Waals surface area contributed by atoms with E-state index in [1.807, 2.05) is 12.1 Å². The molecule has 0 saturated heterocycles. The number of phenolic OH excluding ortho intramolecular Hbond substituents is 1. The molecule has 25 heavy (non-hydrogen) atoms. The van der Waals surface area contributed by atoms with Gasteiger partial charge in [-0.1, -0.05) is 50.3 Å². The van der Waals surface area contributed by atoms with Crippen LogP contribution in [0.25, 0.3) is 0 Å². The second kappa shape index (κ2) is 9.70. The zero-order valence-electron chi connectivity index (χ0n) is 16.2. The normalized spacial score (nSPS) is 20.2. The largest absolute Gasteiger partial charge is 0.507 e. The molecule has 2 atom stereocenters. The van der Waals surface area contributed by atoms with Gasteiger partial charge in [0.15, 0.2) is 0 Å². The lowest BCUT2D eigenvalue weighted by molar-refractivity contribution is 0.384. The van der Waals surface area contributed by atoms with Crippen LogP contribution in [0.15, 0.2) is 36.4 Å². The molecule has 2 rings (SSSR count). The molecule has 0 heterocycles. The number of unbranched alkanes of at least 4 members (excludes halogenated alkanes) is 4. The van der Waals surface area contributed by atoms with Crippen LogP contribution in [-0.4, -0.2) is 12.2 Å². The van der Waals surface area contributed by atoms with Crippen LogP contribution in [0.4, 0.5) is 0 Å². The van der Waals surface area contributed by atoms with E-state index in [2.05, 4.69) is 32.6 Å². The van der Waals surface area contributed by atoms with Crippen molar-refractivity contribution in [2.75, 3.05) is 7.11 Å². The van der Waals surface area contributed by atoms with Gasteiger partial charge in [-0.25, -0.2) is 0 Å². The minimum Gasteiger partial charge on any atom is -0.507 e. The van der Waals surface area contributed by atoms with Gasteiger partial charge in [-0.3, -0.25) is 0 Å². The molecule has 1 aliphatic carbocycles. The third-order valence-corrected chi connectivity index (χ3v) is 5.40. The number of aromatic hydroxyl groups is 1. The average Bonchev–Trinajstić information content (AvgIpc) is 2.61. The zero-order valence-corrected chi connectivity index (χ0v) is 16.2. The van der Waals surface area contributed by atoms with Crippen molar-refractivity contribution >= 4 is 0 Å². The van der Waals surface area contributed by atoms with Gasteiger partial charge < -0.3 is 9.84 Å². The summed E-state index contributed by atoms with van der Waals surface area (Å²) in [6.07, 6.45) is 13.8. The van der Waals surface area contributed by atoms with E-state index in [1.54, 1.807) is 7.11 Å². The third-order valence-electron chi connectivity index (χ3n) is 5.40. The Labute approximate surface area is 153 Å². The van der Waals surface area contributed by atoms with Crippen molar-refractivity contribution in [3.63, 3.8) is 0 Å². The van der Waals surface area contributed by atoms with Crippen molar-refractivity contribution in [3.8, 4) is 11.5 Å². The standard InChI is InChI=1S/C23H34O2/c1-5-7-8-9-10-11-18-15-21(24)23(22(16-18)25-4)20-14-17(3)12-13-19(20)6-2/h6,14-16,19-20,24H,2,5,7-13H2,1,3-4H3. The molecule has 2 nitrogen and oxygen atoms in total. The number of aryl methyl sites for hydroxylation is 1. The molecule has 0 radical (unpaired) electrons. The summed E-state index contributed by atoms with van der Waals surface area (Å²) in [5.41, 5.74) is 3.46. The lowest BCUT2D eigenvalue weighted by Crippen LogP contribution is -2.15. The number of hydrogen-bond donors (Lipinski definition) is 1. The van der Waals surface area contributed by atoms with Crippen LogP contribution < -0.4 is 4.74 Å². The Morgan fingerprint density at radius 3 is 2.68 bits per heavy atom. The Morgan fingerprint density at radius 1 is 1.24 bits per heavy atom. The predicted octanol–water partition coefficient (Wildman–Crippen LogP) is 6.54. The fraction of sp³-hybridized carbons (Fsp3) is 0.565. The maximum atomic E-state index is 10.8. The van der Waals surface area contributed by atoms with Gasteiger partial charge in [0.1, 0.15) is 11.5 Å². The number of benzene rings is 1. The van der Waals surface area contributed by atoms with Gasteiger partial charge in [-0.15, -0.1) is 6.58 Å². The molecule has 1 aromatic carbocycles. The smallest absolute Gasteiger partial charge is 0.126 e. The van der Waals surface area contributed by atoms with E-state index in [1.165, 1.54) is 43.2 Å². The Balaban J connectivity index is 2.21. The third kappa shape index (κ3) is 5.14. The van der Waals surface area contributed by atoms with Crippen molar-refractivity contribution in [1.82, 2.24) is 0 Å². The van der Waals surface area contributed by atoms with Gasteiger partial charge in [0.25, 0.3) is 0 Å².